The van der Waals surface area contributed by atoms with Gasteiger partial charge in [-0.05, 0) is 36.9 Å². The molecule has 0 spiro atoms. The van der Waals surface area contributed by atoms with Crippen LogP contribution < -0.4 is 10.5 Å². The number of hydrogen-bond acceptors (Lipinski definition) is 5. The molecular formula is C19H16ClF5N4OS. The van der Waals surface area contributed by atoms with Gasteiger partial charge >= 0.3 is 6.18 Å². The molecule has 0 aliphatic heterocycles. The Morgan fingerprint density at radius 3 is 2.52 bits per heavy atom. The zero-order chi connectivity index (χ0) is 22.9. The van der Waals surface area contributed by atoms with Gasteiger partial charge in [-0.1, -0.05) is 23.8 Å². The number of hydrogen-bond donors (Lipinski definition) is 4. The summed E-state index contributed by atoms with van der Waals surface area (Å²) in [5.41, 5.74) is 4.08. The van der Waals surface area contributed by atoms with Gasteiger partial charge in [0.05, 0.1) is 28.3 Å². The molecule has 2 atom stereocenters. The average Bonchev–Trinajstić information content (AvgIpc) is 3.09. The van der Waals surface area contributed by atoms with E-state index in [9.17, 15) is 26.7 Å². The predicted octanol–water partition coefficient (Wildman–Crippen LogP) is 5.63. The molecule has 1 aliphatic carbocycles. The van der Waals surface area contributed by atoms with Gasteiger partial charge in [-0.25, -0.2) is 8.78 Å². The van der Waals surface area contributed by atoms with E-state index < -0.39 is 40.2 Å². The second kappa shape index (κ2) is 8.91. The summed E-state index contributed by atoms with van der Waals surface area (Å²) in [6.45, 7) is 0. The van der Waals surface area contributed by atoms with Gasteiger partial charge in [0.2, 0.25) is 5.78 Å². The van der Waals surface area contributed by atoms with Gasteiger partial charge in [-0.2, -0.15) is 13.2 Å². The lowest BCUT2D eigenvalue weighted by Crippen LogP contribution is -2.25. The lowest BCUT2D eigenvalue weighted by Gasteiger charge is -2.24. The van der Waals surface area contributed by atoms with E-state index in [1.54, 1.807) is 0 Å². The standard InChI is InChI=1S/C19H16ClF5N4OS/c20-17(26)13-10(7-28-18(13)27)16(30)14-11(21)5-6-12(15(14)22)29-31-9-3-1-8(2-4-9)19(23,24)25/h1,3,5-9,26,28-29H,2,4,27H2. The van der Waals surface area contributed by atoms with Gasteiger partial charge in [-0.3, -0.25) is 10.2 Å². The minimum atomic E-state index is -4.31. The van der Waals surface area contributed by atoms with Crippen LogP contribution in [0, 0.1) is 23.0 Å². The normalized spacial score (nSPS) is 18.8. The summed E-state index contributed by atoms with van der Waals surface area (Å²) in [5, 5.41) is 6.56. The number of ketones is 1. The summed E-state index contributed by atoms with van der Waals surface area (Å²) in [6.07, 6.45) is -0.654. The number of nitrogens with two attached hydrogens (primary N) is 1. The van der Waals surface area contributed by atoms with Crippen molar-refractivity contribution in [1.29, 1.82) is 5.41 Å². The maximum atomic E-state index is 15.0. The number of aromatic amines is 1. The maximum Gasteiger partial charge on any atom is 0.395 e. The van der Waals surface area contributed by atoms with Crippen LogP contribution in [-0.2, 0) is 0 Å². The third kappa shape index (κ3) is 4.87. The largest absolute Gasteiger partial charge is 0.395 e. The van der Waals surface area contributed by atoms with Crippen LogP contribution in [0.5, 0.6) is 0 Å². The van der Waals surface area contributed by atoms with Crippen LogP contribution in [0.2, 0.25) is 0 Å². The van der Waals surface area contributed by atoms with E-state index in [1.165, 1.54) is 6.08 Å². The van der Waals surface area contributed by atoms with Crippen molar-refractivity contribution in [2.75, 3.05) is 10.5 Å². The van der Waals surface area contributed by atoms with E-state index in [4.69, 9.17) is 22.7 Å². The van der Waals surface area contributed by atoms with Crippen LogP contribution in [0.1, 0.15) is 34.3 Å². The van der Waals surface area contributed by atoms with Gasteiger partial charge in [0, 0.05) is 11.4 Å². The molecule has 0 fully saturated rings. The summed E-state index contributed by atoms with van der Waals surface area (Å²) in [7, 11) is 0. The maximum absolute atomic E-state index is 15.0. The molecule has 0 radical (unpaired) electrons. The number of aromatic nitrogens is 1. The summed E-state index contributed by atoms with van der Waals surface area (Å²) in [6, 6.07) is 1.97. The van der Waals surface area contributed by atoms with E-state index in [0.717, 1.165) is 36.4 Å². The Morgan fingerprint density at radius 2 is 1.94 bits per heavy atom. The lowest BCUT2D eigenvalue weighted by atomic mass is 9.95. The number of halogens is 6. The minimum absolute atomic E-state index is 0.100. The first-order valence-corrected chi connectivity index (χ1v) is 10.2. The predicted molar refractivity (Wildman–Crippen MR) is 111 cm³/mol. The van der Waals surface area contributed by atoms with Crippen LogP contribution in [0.15, 0.2) is 30.5 Å². The molecule has 0 bridgehead atoms. The molecule has 0 saturated carbocycles. The van der Waals surface area contributed by atoms with E-state index in [-0.39, 0.29) is 40.7 Å². The van der Waals surface area contributed by atoms with Crippen molar-refractivity contribution in [3.63, 3.8) is 0 Å². The SMILES string of the molecule is N=C(Cl)c1c(C(=O)c2c(F)ccc(NSC3C=CC(C(F)(F)F)CC3)c2F)c[nH]c1N. The fourth-order valence-corrected chi connectivity index (χ4v) is 4.20. The first kappa shape index (κ1) is 23.1. The molecule has 12 heteroatoms. The van der Waals surface area contributed by atoms with Gasteiger partial charge in [0.25, 0.3) is 0 Å². The summed E-state index contributed by atoms with van der Waals surface area (Å²) >= 11 is 6.57. The number of carbonyl (C=O) groups is 1. The Labute approximate surface area is 182 Å². The second-order valence-electron chi connectivity index (χ2n) is 6.79. The molecule has 3 rings (SSSR count). The highest BCUT2D eigenvalue weighted by atomic mass is 35.5. The molecule has 31 heavy (non-hydrogen) atoms. The van der Waals surface area contributed by atoms with E-state index in [1.807, 2.05) is 0 Å². The van der Waals surface area contributed by atoms with Crippen molar-refractivity contribution < 1.29 is 26.7 Å². The Bertz CT molecular complexity index is 1050. The van der Waals surface area contributed by atoms with Gasteiger partial charge in [0.15, 0.2) is 5.82 Å². The molecule has 2 aromatic rings. The monoisotopic (exact) mass is 478 g/mol. The number of benzene rings is 1. The van der Waals surface area contributed by atoms with Gasteiger partial charge in [-0.15, -0.1) is 0 Å². The van der Waals surface area contributed by atoms with Crippen molar-refractivity contribution in [2.45, 2.75) is 24.3 Å². The van der Waals surface area contributed by atoms with Crippen molar-refractivity contribution in [2.24, 2.45) is 5.92 Å². The summed E-state index contributed by atoms with van der Waals surface area (Å²) in [5.74, 6) is -5.00. The number of H-pyrrole nitrogens is 1. The number of nitrogen functional groups attached to an aromatic ring is 1. The molecule has 0 amide bonds. The quantitative estimate of drug-likeness (QED) is 0.142. The zero-order valence-corrected chi connectivity index (χ0v) is 17.2. The topological polar surface area (TPSA) is 94.8 Å². The fraction of sp³-hybridized carbons (Fsp3) is 0.263. The number of allylic oxidation sites excluding steroid dienone is 1. The Morgan fingerprint density at radius 1 is 1.23 bits per heavy atom. The highest BCUT2D eigenvalue weighted by Gasteiger charge is 2.39. The summed E-state index contributed by atoms with van der Waals surface area (Å²) < 4.78 is 70.1. The van der Waals surface area contributed by atoms with Crippen LogP contribution >= 0.6 is 23.5 Å². The first-order chi connectivity index (χ1) is 14.5. The van der Waals surface area contributed by atoms with Crippen molar-refractivity contribution in [1.82, 2.24) is 4.98 Å². The van der Waals surface area contributed by atoms with E-state index in [0.29, 0.717) is 0 Å². The molecule has 2 unspecified atom stereocenters. The average molecular weight is 479 g/mol. The molecule has 1 aromatic carbocycles. The Hall–Kier alpha value is -2.53. The third-order valence-electron chi connectivity index (χ3n) is 4.75. The summed E-state index contributed by atoms with van der Waals surface area (Å²) in [4.78, 5) is 15.2. The number of anilines is 2. The van der Waals surface area contributed by atoms with E-state index in [2.05, 4.69) is 9.71 Å². The van der Waals surface area contributed by atoms with Crippen LogP contribution in [0.4, 0.5) is 33.5 Å². The first-order valence-electron chi connectivity index (χ1n) is 8.91. The van der Waals surface area contributed by atoms with Crippen LogP contribution in [-0.4, -0.2) is 27.4 Å². The third-order valence-corrected chi connectivity index (χ3v) is 5.98. The second-order valence-corrected chi connectivity index (χ2v) is 8.21. The smallest absolute Gasteiger partial charge is 0.385 e. The molecule has 0 saturated heterocycles. The van der Waals surface area contributed by atoms with Crippen molar-refractivity contribution in [3.05, 3.63) is 58.8 Å². The van der Waals surface area contributed by atoms with Gasteiger partial charge in [0.1, 0.15) is 16.8 Å². The van der Waals surface area contributed by atoms with Crippen LogP contribution in [0.3, 0.4) is 0 Å². The van der Waals surface area contributed by atoms with E-state index >= 15 is 0 Å². The number of rotatable bonds is 6. The van der Waals surface area contributed by atoms with Gasteiger partial charge < -0.3 is 15.4 Å². The number of carbonyl (C=O) groups excluding carboxylic acids is 1. The lowest BCUT2D eigenvalue weighted by molar-refractivity contribution is -0.163. The molecule has 5 nitrogen and oxygen atoms in total. The highest BCUT2D eigenvalue weighted by molar-refractivity contribution is 8.01. The molecule has 1 aliphatic rings. The number of nitrogens with one attached hydrogen (secondary N) is 3. The zero-order valence-electron chi connectivity index (χ0n) is 15.6. The molecule has 1 heterocycles. The molecule has 5 N–H and O–H groups in total. The molecule has 1 aromatic heterocycles. The Kier molecular flexibility index (Phi) is 6.65. The molecule has 166 valence electrons. The molecular weight excluding hydrogens is 463 g/mol. The van der Waals surface area contributed by atoms with Crippen LogP contribution in [0.25, 0.3) is 0 Å². The van der Waals surface area contributed by atoms with Crippen molar-refractivity contribution >= 4 is 46.0 Å². The fourth-order valence-electron chi connectivity index (χ4n) is 3.13. The highest BCUT2D eigenvalue weighted by Crippen LogP contribution is 2.37. The Balaban J connectivity index is 1.81. The number of alkyl halides is 3. The van der Waals surface area contributed by atoms with Crippen molar-refractivity contribution in [3.8, 4) is 0 Å². The minimum Gasteiger partial charge on any atom is -0.385 e.